The maximum absolute atomic E-state index is 11.5. The van der Waals surface area contributed by atoms with Crippen LogP contribution >= 0.6 is 22.9 Å². The first-order valence-corrected chi connectivity index (χ1v) is 5.60. The molecular formula is C9H12ClNO2S. The molecule has 1 unspecified atom stereocenters. The number of rotatable bonds is 4. The van der Waals surface area contributed by atoms with E-state index in [1.165, 1.54) is 11.3 Å². The predicted molar refractivity (Wildman–Crippen MR) is 58.0 cm³/mol. The number of hydrogen-bond donors (Lipinski definition) is 2. The molecule has 0 aliphatic heterocycles. The Labute approximate surface area is 91.7 Å². The SMILES string of the molecule is CCC(O)CNC(=O)c1sccc1Cl. The van der Waals surface area contributed by atoms with Crippen LogP contribution in [-0.2, 0) is 0 Å². The van der Waals surface area contributed by atoms with E-state index in [4.69, 9.17) is 11.6 Å². The van der Waals surface area contributed by atoms with Crippen molar-refractivity contribution in [3.05, 3.63) is 21.3 Å². The van der Waals surface area contributed by atoms with Crippen LogP contribution in [0.1, 0.15) is 23.0 Å². The van der Waals surface area contributed by atoms with Gasteiger partial charge in [-0.25, -0.2) is 0 Å². The average molecular weight is 234 g/mol. The van der Waals surface area contributed by atoms with Crippen molar-refractivity contribution in [2.75, 3.05) is 6.54 Å². The van der Waals surface area contributed by atoms with Crippen molar-refractivity contribution in [3.8, 4) is 0 Å². The highest BCUT2D eigenvalue weighted by atomic mass is 35.5. The summed E-state index contributed by atoms with van der Waals surface area (Å²) in [6.07, 6.45) is 0.135. The monoisotopic (exact) mass is 233 g/mol. The maximum Gasteiger partial charge on any atom is 0.262 e. The first-order valence-electron chi connectivity index (χ1n) is 4.34. The maximum atomic E-state index is 11.5. The highest BCUT2D eigenvalue weighted by Gasteiger charge is 2.12. The molecule has 0 saturated heterocycles. The van der Waals surface area contributed by atoms with Gasteiger partial charge in [-0.2, -0.15) is 0 Å². The summed E-state index contributed by atoms with van der Waals surface area (Å²) in [4.78, 5) is 11.9. The Morgan fingerprint density at radius 1 is 1.79 bits per heavy atom. The Morgan fingerprint density at radius 3 is 3.00 bits per heavy atom. The van der Waals surface area contributed by atoms with Crippen molar-refractivity contribution < 1.29 is 9.90 Å². The van der Waals surface area contributed by atoms with E-state index in [2.05, 4.69) is 5.32 Å². The fraction of sp³-hybridized carbons (Fsp3) is 0.444. The average Bonchev–Trinajstić information content (AvgIpc) is 2.60. The number of halogens is 1. The number of aliphatic hydroxyl groups excluding tert-OH is 1. The van der Waals surface area contributed by atoms with Gasteiger partial charge in [-0.3, -0.25) is 4.79 Å². The zero-order chi connectivity index (χ0) is 10.6. The Bertz CT molecular complexity index is 314. The first-order chi connectivity index (χ1) is 6.65. The summed E-state index contributed by atoms with van der Waals surface area (Å²) >= 11 is 7.06. The van der Waals surface area contributed by atoms with E-state index in [1.807, 2.05) is 6.92 Å². The zero-order valence-corrected chi connectivity index (χ0v) is 9.36. The van der Waals surface area contributed by atoms with E-state index in [0.717, 1.165) is 0 Å². The summed E-state index contributed by atoms with van der Waals surface area (Å²) in [6.45, 7) is 2.12. The molecule has 1 aromatic heterocycles. The lowest BCUT2D eigenvalue weighted by molar-refractivity contribution is 0.0918. The van der Waals surface area contributed by atoms with Crippen LogP contribution in [0.4, 0.5) is 0 Å². The fourth-order valence-electron chi connectivity index (χ4n) is 0.891. The van der Waals surface area contributed by atoms with Crippen molar-refractivity contribution >= 4 is 28.8 Å². The van der Waals surface area contributed by atoms with E-state index in [9.17, 15) is 9.90 Å². The third-order valence-corrected chi connectivity index (χ3v) is 3.13. The van der Waals surface area contributed by atoms with Crippen molar-refractivity contribution in [2.24, 2.45) is 0 Å². The first kappa shape index (κ1) is 11.5. The van der Waals surface area contributed by atoms with Gasteiger partial charge in [-0.05, 0) is 17.9 Å². The minimum absolute atomic E-state index is 0.225. The number of hydrogen-bond acceptors (Lipinski definition) is 3. The van der Waals surface area contributed by atoms with E-state index < -0.39 is 6.10 Å². The number of amides is 1. The summed E-state index contributed by atoms with van der Waals surface area (Å²) in [5.41, 5.74) is 0. The summed E-state index contributed by atoms with van der Waals surface area (Å²) in [6, 6.07) is 1.68. The Hall–Kier alpha value is -0.580. The number of aliphatic hydroxyl groups is 1. The molecule has 0 bridgehead atoms. The molecule has 3 nitrogen and oxygen atoms in total. The zero-order valence-electron chi connectivity index (χ0n) is 7.79. The molecule has 1 heterocycles. The molecule has 1 amide bonds. The summed E-state index contributed by atoms with van der Waals surface area (Å²) in [5.74, 6) is -0.225. The third-order valence-electron chi connectivity index (χ3n) is 1.79. The molecule has 0 radical (unpaired) electrons. The van der Waals surface area contributed by atoms with Crippen molar-refractivity contribution in [1.82, 2.24) is 5.32 Å². The number of carbonyl (C=O) groups is 1. The van der Waals surface area contributed by atoms with Gasteiger partial charge in [0.1, 0.15) is 4.88 Å². The van der Waals surface area contributed by atoms with Crippen molar-refractivity contribution in [3.63, 3.8) is 0 Å². The second-order valence-corrected chi connectivity index (χ2v) is 4.19. The molecule has 5 heteroatoms. The molecule has 1 aromatic rings. The van der Waals surface area contributed by atoms with Crippen LogP contribution in [0.5, 0.6) is 0 Å². The van der Waals surface area contributed by atoms with E-state index in [-0.39, 0.29) is 12.5 Å². The number of carbonyl (C=O) groups excluding carboxylic acids is 1. The quantitative estimate of drug-likeness (QED) is 0.835. The molecule has 0 aliphatic rings. The van der Waals surface area contributed by atoms with Crippen LogP contribution in [-0.4, -0.2) is 23.7 Å². The van der Waals surface area contributed by atoms with Crippen LogP contribution in [0.15, 0.2) is 11.4 Å². The minimum atomic E-state index is -0.488. The molecule has 14 heavy (non-hydrogen) atoms. The lowest BCUT2D eigenvalue weighted by Gasteiger charge is -2.08. The van der Waals surface area contributed by atoms with E-state index in [0.29, 0.717) is 16.3 Å². The molecule has 1 rings (SSSR count). The van der Waals surface area contributed by atoms with Crippen molar-refractivity contribution in [2.45, 2.75) is 19.4 Å². The van der Waals surface area contributed by atoms with Gasteiger partial charge >= 0.3 is 0 Å². The second-order valence-electron chi connectivity index (χ2n) is 2.87. The number of nitrogens with one attached hydrogen (secondary N) is 1. The highest BCUT2D eigenvalue weighted by Crippen LogP contribution is 2.21. The molecule has 0 aliphatic carbocycles. The van der Waals surface area contributed by atoms with Gasteiger partial charge in [0.05, 0.1) is 11.1 Å². The fourth-order valence-corrected chi connectivity index (χ4v) is 1.95. The van der Waals surface area contributed by atoms with E-state index >= 15 is 0 Å². The Kier molecular flexibility index (Phi) is 4.38. The van der Waals surface area contributed by atoms with Crippen LogP contribution in [0, 0.1) is 0 Å². The molecule has 0 fully saturated rings. The standard InChI is InChI=1S/C9H12ClNO2S/c1-2-6(12)5-11-9(13)8-7(10)3-4-14-8/h3-4,6,12H,2,5H2,1H3,(H,11,13). The van der Waals surface area contributed by atoms with Crippen LogP contribution < -0.4 is 5.32 Å². The molecule has 78 valence electrons. The van der Waals surface area contributed by atoms with Gasteiger partial charge in [0.2, 0.25) is 0 Å². The highest BCUT2D eigenvalue weighted by molar-refractivity contribution is 7.12. The van der Waals surface area contributed by atoms with Gasteiger partial charge in [-0.1, -0.05) is 18.5 Å². The smallest absolute Gasteiger partial charge is 0.262 e. The predicted octanol–water partition coefficient (Wildman–Crippen LogP) is 1.90. The van der Waals surface area contributed by atoms with Crippen LogP contribution in [0.3, 0.4) is 0 Å². The lowest BCUT2D eigenvalue weighted by Crippen LogP contribution is -2.31. The van der Waals surface area contributed by atoms with Crippen molar-refractivity contribution in [1.29, 1.82) is 0 Å². The molecule has 1 atom stereocenters. The van der Waals surface area contributed by atoms with E-state index in [1.54, 1.807) is 11.4 Å². The molecule has 0 aromatic carbocycles. The van der Waals surface area contributed by atoms with Crippen LogP contribution in [0.2, 0.25) is 5.02 Å². The minimum Gasteiger partial charge on any atom is -0.391 e. The van der Waals surface area contributed by atoms with Crippen LogP contribution in [0.25, 0.3) is 0 Å². The largest absolute Gasteiger partial charge is 0.391 e. The number of thiophene rings is 1. The summed E-state index contributed by atoms with van der Waals surface area (Å²) in [7, 11) is 0. The van der Waals surface area contributed by atoms with Gasteiger partial charge in [0.25, 0.3) is 5.91 Å². The Morgan fingerprint density at radius 2 is 2.50 bits per heavy atom. The second kappa shape index (κ2) is 5.34. The lowest BCUT2D eigenvalue weighted by atomic mass is 10.3. The van der Waals surface area contributed by atoms with Gasteiger partial charge in [-0.15, -0.1) is 11.3 Å². The molecule has 0 saturated carbocycles. The molecule has 2 N–H and O–H groups in total. The third kappa shape index (κ3) is 2.97. The molecule has 0 spiro atoms. The van der Waals surface area contributed by atoms with Gasteiger partial charge in [0, 0.05) is 6.54 Å². The Balaban J connectivity index is 2.47. The normalized spacial score (nSPS) is 12.5. The van der Waals surface area contributed by atoms with Gasteiger partial charge < -0.3 is 10.4 Å². The molecular weight excluding hydrogens is 222 g/mol. The summed E-state index contributed by atoms with van der Waals surface area (Å²) < 4.78 is 0. The summed E-state index contributed by atoms with van der Waals surface area (Å²) in [5, 5.41) is 14.1. The topological polar surface area (TPSA) is 49.3 Å². The van der Waals surface area contributed by atoms with Gasteiger partial charge in [0.15, 0.2) is 0 Å².